The first-order valence-corrected chi connectivity index (χ1v) is 9.37. The Balaban J connectivity index is 1.40. The first kappa shape index (κ1) is 20.5. The minimum absolute atomic E-state index is 0.0763. The predicted octanol–water partition coefficient (Wildman–Crippen LogP) is 3.06. The van der Waals surface area contributed by atoms with Gasteiger partial charge in [-0.3, -0.25) is 4.98 Å². The summed E-state index contributed by atoms with van der Waals surface area (Å²) >= 11 is 0. The Kier molecular flexibility index (Phi) is 7.33. The second-order valence-electron chi connectivity index (χ2n) is 6.47. The monoisotopic (exact) mass is 392 g/mol. The van der Waals surface area contributed by atoms with Crippen molar-refractivity contribution in [3.8, 4) is 5.75 Å². The number of ether oxygens (including phenoxy) is 2. The number of aliphatic hydroxyl groups excluding tert-OH is 1. The van der Waals surface area contributed by atoms with Crippen molar-refractivity contribution in [2.75, 3.05) is 26.8 Å². The number of rotatable bonds is 9. The van der Waals surface area contributed by atoms with E-state index in [-0.39, 0.29) is 6.61 Å². The summed E-state index contributed by atoms with van der Waals surface area (Å²) in [5, 5.41) is 14.0. The molecule has 0 radical (unpaired) electrons. The van der Waals surface area contributed by atoms with Crippen molar-refractivity contribution in [3.63, 3.8) is 0 Å². The van der Waals surface area contributed by atoms with E-state index in [1.54, 1.807) is 31.5 Å². The van der Waals surface area contributed by atoms with E-state index < -0.39 is 12.1 Å². The van der Waals surface area contributed by atoms with Crippen LogP contribution in [0.5, 0.6) is 5.75 Å². The van der Waals surface area contributed by atoms with Crippen molar-refractivity contribution in [2.24, 2.45) is 0 Å². The summed E-state index contributed by atoms with van der Waals surface area (Å²) in [7, 11) is 1.64. The highest BCUT2D eigenvalue weighted by atomic mass is 16.5. The fourth-order valence-electron chi connectivity index (χ4n) is 2.84. The standard InChI is InChI=1S/C23H24N2O4/c1-28-22-9-3-2-6-17(22)7-4-12-24-15-20(26)16-29-23(27)19-10-11-21-18(14-19)8-5-13-25-21/h2-11,13-14,20,24,26H,12,15-16H2,1H3. The highest BCUT2D eigenvalue weighted by Gasteiger charge is 2.11. The van der Waals surface area contributed by atoms with Crippen LogP contribution in [0.25, 0.3) is 17.0 Å². The van der Waals surface area contributed by atoms with Gasteiger partial charge in [0, 0.05) is 30.2 Å². The average Bonchev–Trinajstić information content (AvgIpc) is 2.77. The molecule has 0 spiro atoms. The van der Waals surface area contributed by atoms with Gasteiger partial charge in [0.05, 0.1) is 18.2 Å². The summed E-state index contributed by atoms with van der Waals surface area (Å²) in [5.74, 6) is 0.339. The Morgan fingerprint density at radius 3 is 2.93 bits per heavy atom. The molecule has 0 aliphatic carbocycles. The van der Waals surface area contributed by atoms with Gasteiger partial charge in [-0.1, -0.05) is 36.4 Å². The van der Waals surface area contributed by atoms with Crippen molar-refractivity contribution in [3.05, 3.63) is 78.0 Å². The molecule has 3 aromatic rings. The van der Waals surface area contributed by atoms with Crippen LogP contribution in [0, 0.1) is 0 Å². The fourth-order valence-corrected chi connectivity index (χ4v) is 2.84. The van der Waals surface area contributed by atoms with E-state index in [9.17, 15) is 9.90 Å². The lowest BCUT2D eigenvalue weighted by molar-refractivity contribution is 0.0261. The molecular formula is C23H24N2O4. The topological polar surface area (TPSA) is 80.7 Å². The zero-order chi connectivity index (χ0) is 20.5. The third-order valence-corrected chi connectivity index (χ3v) is 4.32. The van der Waals surface area contributed by atoms with Crippen molar-refractivity contribution in [2.45, 2.75) is 6.10 Å². The summed E-state index contributed by atoms with van der Waals surface area (Å²) in [5.41, 5.74) is 2.23. The number of hydrogen-bond acceptors (Lipinski definition) is 6. The number of pyridine rings is 1. The number of para-hydroxylation sites is 1. The van der Waals surface area contributed by atoms with Gasteiger partial charge in [0.2, 0.25) is 0 Å². The highest BCUT2D eigenvalue weighted by molar-refractivity contribution is 5.94. The zero-order valence-electron chi connectivity index (χ0n) is 16.2. The molecule has 1 unspecified atom stereocenters. The zero-order valence-corrected chi connectivity index (χ0v) is 16.2. The quantitative estimate of drug-likeness (QED) is 0.430. The van der Waals surface area contributed by atoms with E-state index in [0.29, 0.717) is 18.7 Å². The lowest BCUT2D eigenvalue weighted by Gasteiger charge is -2.12. The maximum Gasteiger partial charge on any atom is 0.338 e. The number of nitrogens with one attached hydrogen (secondary N) is 1. The Morgan fingerprint density at radius 1 is 1.21 bits per heavy atom. The Labute approximate surface area is 169 Å². The van der Waals surface area contributed by atoms with Gasteiger partial charge < -0.3 is 19.9 Å². The molecule has 6 nitrogen and oxygen atoms in total. The lowest BCUT2D eigenvalue weighted by atomic mass is 10.1. The van der Waals surface area contributed by atoms with Gasteiger partial charge in [-0.15, -0.1) is 0 Å². The molecule has 0 aliphatic heterocycles. The number of aliphatic hydroxyl groups is 1. The number of benzene rings is 2. The highest BCUT2D eigenvalue weighted by Crippen LogP contribution is 2.18. The van der Waals surface area contributed by atoms with Crippen molar-refractivity contribution >= 4 is 22.9 Å². The van der Waals surface area contributed by atoms with Crippen LogP contribution in [0.15, 0.2) is 66.9 Å². The maximum absolute atomic E-state index is 12.2. The first-order chi connectivity index (χ1) is 14.2. The van der Waals surface area contributed by atoms with Gasteiger partial charge in [0.25, 0.3) is 0 Å². The van der Waals surface area contributed by atoms with Gasteiger partial charge >= 0.3 is 5.97 Å². The Bertz CT molecular complexity index is 987. The normalized spacial score (nSPS) is 12.2. The number of fused-ring (bicyclic) bond motifs is 1. The van der Waals surface area contributed by atoms with E-state index in [1.165, 1.54) is 0 Å². The van der Waals surface area contributed by atoms with Crippen LogP contribution in [0.1, 0.15) is 15.9 Å². The molecule has 0 saturated carbocycles. The van der Waals surface area contributed by atoms with Crippen LogP contribution in [-0.2, 0) is 4.74 Å². The second-order valence-corrected chi connectivity index (χ2v) is 6.47. The molecule has 2 aromatic carbocycles. The van der Waals surface area contributed by atoms with Crippen molar-refractivity contribution < 1.29 is 19.4 Å². The molecule has 0 amide bonds. The lowest BCUT2D eigenvalue weighted by Crippen LogP contribution is -2.31. The third kappa shape index (κ3) is 5.88. The van der Waals surface area contributed by atoms with Crippen LogP contribution in [0.2, 0.25) is 0 Å². The number of carbonyl (C=O) groups excluding carboxylic acids is 1. The van der Waals surface area contributed by atoms with Crippen LogP contribution in [0.4, 0.5) is 0 Å². The van der Waals surface area contributed by atoms with Gasteiger partial charge in [-0.05, 0) is 30.3 Å². The minimum Gasteiger partial charge on any atom is -0.496 e. The molecule has 0 fully saturated rings. The first-order valence-electron chi connectivity index (χ1n) is 9.37. The van der Waals surface area contributed by atoms with Crippen LogP contribution < -0.4 is 10.1 Å². The molecule has 2 N–H and O–H groups in total. The van der Waals surface area contributed by atoms with Crippen LogP contribution in [0.3, 0.4) is 0 Å². The molecule has 3 rings (SSSR count). The van der Waals surface area contributed by atoms with Gasteiger partial charge in [0.15, 0.2) is 0 Å². The van der Waals surface area contributed by atoms with Gasteiger partial charge in [0.1, 0.15) is 18.5 Å². The van der Waals surface area contributed by atoms with Crippen molar-refractivity contribution in [1.82, 2.24) is 10.3 Å². The van der Waals surface area contributed by atoms with Gasteiger partial charge in [-0.25, -0.2) is 4.79 Å². The number of methoxy groups -OCH3 is 1. The summed E-state index contributed by atoms with van der Waals surface area (Å²) in [4.78, 5) is 16.4. The number of carbonyl (C=O) groups is 1. The summed E-state index contributed by atoms with van der Waals surface area (Å²) < 4.78 is 10.5. The maximum atomic E-state index is 12.2. The minimum atomic E-state index is -0.791. The summed E-state index contributed by atoms with van der Waals surface area (Å²) in [6.07, 6.45) is 4.81. The van der Waals surface area contributed by atoms with E-state index in [0.717, 1.165) is 22.2 Å². The molecule has 1 aromatic heterocycles. The number of hydrogen-bond donors (Lipinski definition) is 2. The average molecular weight is 392 g/mol. The Morgan fingerprint density at radius 2 is 2.07 bits per heavy atom. The predicted molar refractivity (Wildman–Crippen MR) is 113 cm³/mol. The number of aromatic nitrogens is 1. The molecule has 0 aliphatic rings. The summed E-state index contributed by atoms with van der Waals surface area (Å²) in [6, 6.07) is 16.6. The smallest absolute Gasteiger partial charge is 0.338 e. The second kappa shape index (κ2) is 10.4. The largest absolute Gasteiger partial charge is 0.496 e. The van der Waals surface area contributed by atoms with Crippen molar-refractivity contribution in [1.29, 1.82) is 0 Å². The third-order valence-electron chi connectivity index (χ3n) is 4.32. The van der Waals surface area contributed by atoms with E-state index in [1.807, 2.05) is 48.6 Å². The van der Waals surface area contributed by atoms with Crippen LogP contribution in [-0.4, -0.2) is 49.0 Å². The van der Waals surface area contributed by atoms with E-state index in [4.69, 9.17) is 9.47 Å². The number of nitrogens with zero attached hydrogens (tertiary/aromatic N) is 1. The Hall–Kier alpha value is -3.22. The summed E-state index contributed by atoms with van der Waals surface area (Å²) in [6.45, 7) is 0.805. The fraction of sp³-hybridized carbons (Fsp3) is 0.217. The molecule has 150 valence electrons. The molecule has 6 heteroatoms. The molecule has 1 heterocycles. The SMILES string of the molecule is COc1ccccc1C=CCNCC(O)COC(=O)c1ccc2ncccc2c1. The van der Waals surface area contributed by atoms with E-state index >= 15 is 0 Å². The van der Waals surface area contributed by atoms with E-state index in [2.05, 4.69) is 10.3 Å². The molecule has 0 bridgehead atoms. The molecule has 29 heavy (non-hydrogen) atoms. The van der Waals surface area contributed by atoms with Crippen LogP contribution >= 0.6 is 0 Å². The molecule has 1 atom stereocenters. The number of esters is 1. The molecule has 0 saturated heterocycles. The van der Waals surface area contributed by atoms with Gasteiger partial charge in [-0.2, -0.15) is 0 Å². The molecular weight excluding hydrogens is 368 g/mol.